The van der Waals surface area contributed by atoms with Gasteiger partial charge in [0, 0.05) is 26.2 Å². The third kappa shape index (κ3) is 2.62. The van der Waals surface area contributed by atoms with Crippen LogP contribution in [0.25, 0.3) is 11.2 Å². The Kier molecular flexibility index (Phi) is 3.59. The van der Waals surface area contributed by atoms with E-state index in [1.165, 1.54) is 25.6 Å². The molecule has 4 rings (SSSR count). The maximum atomic E-state index is 12.3. The number of anilines is 1. The number of carbonyl (C=O) groups is 1. The summed E-state index contributed by atoms with van der Waals surface area (Å²) in [6, 6.07) is 0.371. The van der Waals surface area contributed by atoms with Crippen molar-refractivity contribution >= 4 is 22.9 Å². The van der Waals surface area contributed by atoms with E-state index < -0.39 is 0 Å². The fourth-order valence-corrected chi connectivity index (χ4v) is 3.46. The Bertz CT molecular complexity index is 716. The molecule has 8 heteroatoms. The van der Waals surface area contributed by atoms with E-state index in [0.29, 0.717) is 30.3 Å². The van der Waals surface area contributed by atoms with Crippen LogP contribution in [0.15, 0.2) is 6.33 Å². The van der Waals surface area contributed by atoms with E-state index in [2.05, 4.69) is 30.5 Å². The van der Waals surface area contributed by atoms with E-state index in [-0.39, 0.29) is 11.8 Å². The quantitative estimate of drug-likeness (QED) is 0.894. The zero-order valence-corrected chi connectivity index (χ0v) is 13.3. The van der Waals surface area contributed by atoms with E-state index >= 15 is 0 Å². The zero-order chi connectivity index (χ0) is 15.8. The van der Waals surface area contributed by atoms with Crippen LogP contribution in [0.2, 0.25) is 0 Å². The number of rotatable bonds is 3. The summed E-state index contributed by atoms with van der Waals surface area (Å²) in [7, 11) is 1.81. The van der Waals surface area contributed by atoms with Gasteiger partial charge in [-0.25, -0.2) is 14.6 Å². The number of carbonyl (C=O) groups excluding carboxylic acids is 1. The van der Waals surface area contributed by atoms with Crippen molar-refractivity contribution in [1.29, 1.82) is 0 Å². The van der Waals surface area contributed by atoms with Gasteiger partial charge in [-0.3, -0.25) is 4.79 Å². The molecule has 0 bridgehead atoms. The van der Waals surface area contributed by atoms with E-state index in [1.807, 2.05) is 7.05 Å². The van der Waals surface area contributed by atoms with Crippen molar-refractivity contribution in [3.8, 4) is 0 Å². The maximum Gasteiger partial charge on any atom is 0.226 e. The van der Waals surface area contributed by atoms with Crippen molar-refractivity contribution < 1.29 is 4.79 Å². The average molecular weight is 315 g/mol. The minimum atomic E-state index is 0.0404. The fourth-order valence-electron chi connectivity index (χ4n) is 3.46. The molecule has 2 aliphatic rings. The number of hydrogen-bond donors (Lipinski definition) is 1. The Morgan fingerprint density at radius 3 is 2.78 bits per heavy atom. The molecule has 0 unspecified atom stereocenters. The van der Waals surface area contributed by atoms with E-state index in [9.17, 15) is 4.79 Å². The summed E-state index contributed by atoms with van der Waals surface area (Å²) in [5.74, 6) is 0.987. The number of fused-ring (bicyclic) bond motifs is 1. The van der Waals surface area contributed by atoms with Gasteiger partial charge in [0.25, 0.3) is 0 Å². The third-order valence-electron chi connectivity index (χ3n) is 4.87. The molecule has 1 N–H and O–H groups in total. The summed E-state index contributed by atoms with van der Waals surface area (Å²) in [5, 5.41) is 11.3. The van der Waals surface area contributed by atoms with Crippen LogP contribution in [-0.4, -0.2) is 50.0 Å². The summed E-state index contributed by atoms with van der Waals surface area (Å²) < 4.78 is 1.63. The molecule has 1 saturated carbocycles. The van der Waals surface area contributed by atoms with Crippen LogP contribution in [-0.2, 0) is 11.8 Å². The van der Waals surface area contributed by atoms with Crippen LogP contribution in [0.5, 0.6) is 0 Å². The second kappa shape index (κ2) is 5.75. The Hall–Kier alpha value is -2.25. The van der Waals surface area contributed by atoms with Gasteiger partial charge < -0.3 is 10.2 Å². The number of nitrogens with zero attached hydrogens (tertiary/aromatic N) is 6. The summed E-state index contributed by atoms with van der Waals surface area (Å²) in [6.07, 6.45) is 7.52. The monoisotopic (exact) mass is 315 g/mol. The normalized spacial score (nSPS) is 19.8. The summed E-state index contributed by atoms with van der Waals surface area (Å²) in [6.45, 7) is 1.36. The second-order valence-electron chi connectivity index (χ2n) is 6.53. The van der Waals surface area contributed by atoms with E-state index in [4.69, 9.17) is 0 Å². The molecule has 1 saturated heterocycles. The van der Waals surface area contributed by atoms with Crippen LogP contribution in [0.4, 0.5) is 5.82 Å². The lowest BCUT2D eigenvalue weighted by molar-refractivity contribution is -0.126. The SMILES string of the molecule is Cn1nnc2c(N3CC(C(=O)NC4CCCCC4)C3)ncnc21. The van der Waals surface area contributed by atoms with Gasteiger partial charge in [-0.05, 0) is 12.8 Å². The highest BCUT2D eigenvalue weighted by atomic mass is 16.2. The molecule has 3 heterocycles. The molecule has 23 heavy (non-hydrogen) atoms. The van der Waals surface area contributed by atoms with Crippen molar-refractivity contribution in [3.63, 3.8) is 0 Å². The number of nitrogens with one attached hydrogen (secondary N) is 1. The van der Waals surface area contributed by atoms with Gasteiger partial charge in [-0.2, -0.15) is 0 Å². The lowest BCUT2D eigenvalue weighted by Crippen LogP contribution is -2.55. The predicted molar refractivity (Wildman–Crippen MR) is 84.8 cm³/mol. The maximum absolute atomic E-state index is 12.3. The number of hydrogen-bond acceptors (Lipinski definition) is 6. The fraction of sp³-hybridized carbons (Fsp3) is 0.667. The molecule has 0 radical (unpaired) electrons. The van der Waals surface area contributed by atoms with Crippen molar-refractivity contribution in [2.45, 2.75) is 38.1 Å². The molecule has 0 atom stereocenters. The smallest absolute Gasteiger partial charge is 0.226 e. The highest BCUT2D eigenvalue weighted by molar-refractivity contribution is 5.86. The number of aromatic nitrogens is 5. The summed E-state index contributed by atoms with van der Waals surface area (Å²) >= 11 is 0. The van der Waals surface area contributed by atoms with Crippen LogP contribution < -0.4 is 10.2 Å². The van der Waals surface area contributed by atoms with Crippen LogP contribution in [0.1, 0.15) is 32.1 Å². The third-order valence-corrected chi connectivity index (χ3v) is 4.87. The molecular weight excluding hydrogens is 294 g/mol. The molecule has 0 aromatic carbocycles. The molecule has 2 aromatic rings. The Labute approximate surface area is 134 Å². The first-order chi connectivity index (χ1) is 11.2. The highest BCUT2D eigenvalue weighted by Crippen LogP contribution is 2.28. The number of aryl methyl sites for hydroxylation is 1. The zero-order valence-electron chi connectivity index (χ0n) is 13.3. The second-order valence-corrected chi connectivity index (χ2v) is 6.53. The van der Waals surface area contributed by atoms with Gasteiger partial charge in [0.05, 0.1) is 5.92 Å². The van der Waals surface area contributed by atoms with E-state index in [1.54, 1.807) is 4.68 Å². The first kappa shape index (κ1) is 14.3. The average Bonchev–Trinajstić information content (AvgIpc) is 2.89. The Morgan fingerprint density at radius 1 is 1.22 bits per heavy atom. The summed E-state index contributed by atoms with van der Waals surface area (Å²) in [5.41, 5.74) is 1.41. The van der Waals surface area contributed by atoms with Crippen LogP contribution in [0.3, 0.4) is 0 Å². The Balaban J connectivity index is 1.39. The van der Waals surface area contributed by atoms with Gasteiger partial charge in [-0.15, -0.1) is 5.10 Å². The van der Waals surface area contributed by atoms with Crippen molar-refractivity contribution in [3.05, 3.63) is 6.33 Å². The van der Waals surface area contributed by atoms with Gasteiger partial charge in [0.15, 0.2) is 17.0 Å². The van der Waals surface area contributed by atoms with Gasteiger partial charge >= 0.3 is 0 Å². The summed E-state index contributed by atoms with van der Waals surface area (Å²) in [4.78, 5) is 22.9. The topological polar surface area (TPSA) is 88.8 Å². The lowest BCUT2D eigenvalue weighted by atomic mass is 9.93. The van der Waals surface area contributed by atoms with Crippen molar-refractivity contribution in [1.82, 2.24) is 30.3 Å². The lowest BCUT2D eigenvalue weighted by Gasteiger charge is -2.39. The molecule has 2 aromatic heterocycles. The molecule has 122 valence electrons. The minimum absolute atomic E-state index is 0.0404. The van der Waals surface area contributed by atoms with Gasteiger partial charge in [-0.1, -0.05) is 24.5 Å². The minimum Gasteiger partial charge on any atom is -0.353 e. The highest BCUT2D eigenvalue weighted by Gasteiger charge is 2.35. The van der Waals surface area contributed by atoms with Crippen LogP contribution >= 0.6 is 0 Å². The number of amides is 1. The largest absolute Gasteiger partial charge is 0.353 e. The standard InChI is InChI=1S/C15H21N7O/c1-21-13-12(19-20-21)14(17-9-16-13)22-7-10(8-22)15(23)18-11-5-3-2-4-6-11/h9-11H,2-8H2,1H3,(H,18,23). The molecule has 1 aliphatic heterocycles. The molecule has 1 amide bonds. The Morgan fingerprint density at radius 2 is 2.00 bits per heavy atom. The molecule has 0 spiro atoms. The molecule has 8 nitrogen and oxygen atoms in total. The van der Waals surface area contributed by atoms with Gasteiger partial charge in [0.1, 0.15) is 6.33 Å². The molecule has 2 fully saturated rings. The van der Waals surface area contributed by atoms with Gasteiger partial charge in [0.2, 0.25) is 5.91 Å². The van der Waals surface area contributed by atoms with Crippen molar-refractivity contribution in [2.24, 2.45) is 13.0 Å². The van der Waals surface area contributed by atoms with Crippen molar-refractivity contribution in [2.75, 3.05) is 18.0 Å². The molecular formula is C15H21N7O. The first-order valence-electron chi connectivity index (χ1n) is 8.28. The predicted octanol–water partition coefficient (Wildman–Crippen LogP) is 0.643. The first-order valence-corrected chi connectivity index (χ1v) is 8.28. The van der Waals surface area contributed by atoms with E-state index in [0.717, 1.165) is 18.7 Å². The molecule has 1 aliphatic carbocycles. The van der Waals surface area contributed by atoms with Crippen LogP contribution in [0, 0.1) is 5.92 Å².